The molecule has 0 bridgehead atoms. The molecule has 0 aliphatic rings. The highest BCUT2D eigenvalue weighted by molar-refractivity contribution is 9.10. The first-order valence-electron chi connectivity index (χ1n) is 3.78. The summed E-state index contributed by atoms with van der Waals surface area (Å²) >= 11 is 3.25. The van der Waals surface area contributed by atoms with E-state index in [0.717, 1.165) is 10.0 Å². The number of aromatic hydroxyl groups is 1. The van der Waals surface area contributed by atoms with E-state index in [2.05, 4.69) is 15.9 Å². The van der Waals surface area contributed by atoms with Crippen LogP contribution in [0.4, 0.5) is 0 Å². The van der Waals surface area contributed by atoms with Crippen molar-refractivity contribution in [2.75, 3.05) is 6.54 Å². The summed E-state index contributed by atoms with van der Waals surface area (Å²) in [4.78, 5) is 11.2. The summed E-state index contributed by atoms with van der Waals surface area (Å²) in [5.74, 6) is -0.291. The van der Waals surface area contributed by atoms with Crippen LogP contribution >= 0.6 is 15.9 Å². The first-order valence-corrected chi connectivity index (χ1v) is 4.58. The second-order valence-electron chi connectivity index (χ2n) is 2.75. The predicted molar refractivity (Wildman–Crippen MR) is 53.9 cm³/mol. The number of carbonyl (C=O) groups is 1. The highest BCUT2D eigenvalue weighted by Gasteiger charge is 2.10. The van der Waals surface area contributed by atoms with E-state index in [1.54, 1.807) is 6.07 Å². The number of aryl methyl sites for hydroxylation is 1. The lowest BCUT2D eigenvalue weighted by molar-refractivity contribution is 0.0999. The van der Waals surface area contributed by atoms with E-state index in [4.69, 9.17) is 5.73 Å². The van der Waals surface area contributed by atoms with Crippen LogP contribution in [0, 0.1) is 6.92 Å². The number of halogens is 1. The van der Waals surface area contributed by atoms with Crippen molar-refractivity contribution in [1.29, 1.82) is 0 Å². The second-order valence-corrected chi connectivity index (χ2v) is 3.60. The molecule has 0 heterocycles. The SMILES string of the molecule is Cc1cc(C(=O)CN)c(O)cc1Br. The molecule has 4 heteroatoms. The molecule has 0 aliphatic heterocycles. The number of ketones is 1. The summed E-state index contributed by atoms with van der Waals surface area (Å²) < 4.78 is 0.776. The summed E-state index contributed by atoms with van der Waals surface area (Å²) in [5.41, 5.74) is 6.37. The Morgan fingerprint density at radius 3 is 2.77 bits per heavy atom. The number of Topliss-reactive ketones (excluding diaryl/α,β-unsaturated/α-hetero) is 1. The average Bonchev–Trinajstić information content (AvgIpc) is 2.10. The van der Waals surface area contributed by atoms with Gasteiger partial charge < -0.3 is 10.8 Å². The van der Waals surface area contributed by atoms with Crippen LogP contribution < -0.4 is 5.73 Å². The van der Waals surface area contributed by atoms with E-state index in [1.807, 2.05) is 6.92 Å². The summed E-state index contributed by atoms with van der Waals surface area (Å²) in [5, 5.41) is 9.41. The predicted octanol–water partition coefficient (Wildman–Crippen LogP) is 1.60. The molecule has 0 aromatic heterocycles. The number of nitrogens with two attached hydrogens (primary N) is 1. The van der Waals surface area contributed by atoms with Crippen molar-refractivity contribution in [1.82, 2.24) is 0 Å². The summed E-state index contributed by atoms with van der Waals surface area (Å²) in [6.45, 7) is 1.76. The number of rotatable bonds is 2. The second kappa shape index (κ2) is 3.89. The van der Waals surface area contributed by atoms with Crippen molar-refractivity contribution in [2.24, 2.45) is 5.73 Å². The molecule has 1 aromatic carbocycles. The molecule has 0 aliphatic carbocycles. The highest BCUT2D eigenvalue weighted by Crippen LogP contribution is 2.26. The van der Waals surface area contributed by atoms with Gasteiger partial charge in [-0.15, -0.1) is 0 Å². The Labute approximate surface area is 84.7 Å². The van der Waals surface area contributed by atoms with Gasteiger partial charge >= 0.3 is 0 Å². The number of carbonyl (C=O) groups excluding carboxylic acids is 1. The van der Waals surface area contributed by atoms with E-state index in [-0.39, 0.29) is 23.6 Å². The first kappa shape index (κ1) is 10.2. The van der Waals surface area contributed by atoms with Crippen molar-refractivity contribution in [3.8, 4) is 5.75 Å². The quantitative estimate of drug-likeness (QED) is 0.776. The van der Waals surface area contributed by atoms with Gasteiger partial charge in [0.05, 0.1) is 12.1 Å². The van der Waals surface area contributed by atoms with Gasteiger partial charge in [-0.25, -0.2) is 0 Å². The lowest BCUT2D eigenvalue weighted by Crippen LogP contribution is -2.13. The molecule has 0 fully saturated rings. The molecule has 1 aromatic rings. The Morgan fingerprint density at radius 1 is 1.62 bits per heavy atom. The number of hydrogen-bond donors (Lipinski definition) is 2. The molecular weight excluding hydrogens is 234 g/mol. The maximum atomic E-state index is 11.2. The first-order chi connectivity index (χ1) is 6.06. The minimum atomic E-state index is -0.256. The number of hydrogen-bond acceptors (Lipinski definition) is 3. The molecule has 13 heavy (non-hydrogen) atoms. The lowest BCUT2D eigenvalue weighted by Gasteiger charge is -2.05. The van der Waals surface area contributed by atoms with Gasteiger partial charge in [-0.05, 0) is 24.6 Å². The van der Waals surface area contributed by atoms with Gasteiger partial charge in [0.15, 0.2) is 5.78 Å². The van der Waals surface area contributed by atoms with Crippen molar-refractivity contribution >= 4 is 21.7 Å². The van der Waals surface area contributed by atoms with Crippen molar-refractivity contribution < 1.29 is 9.90 Å². The van der Waals surface area contributed by atoms with Crippen LogP contribution in [0.1, 0.15) is 15.9 Å². The van der Waals surface area contributed by atoms with Crippen LogP contribution in [0.15, 0.2) is 16.6 Å². The van der Waals surface area contributed by atoms with Crippen LogP contribution in [-0.2, 0) is 0 Å². The average molecular weight is 244 g/mol. The number of phenols is 1. The molecule has 1 rings (SSSR count). The zero-order valence-electron chi connectivity index (χ0n) is 7.17. The molecule has 0 saturated heterocycles. The van der Waals surface area contributed by atoms with E-state index < -0.39 is 0 Å². The molecule has 0 amide bonds. The monoisotopic (exact) mass is 243 g/mol. The van der Waals surface area contributed by atoms with Crippen molar-refractivity contribution in [2.45, 2.75) is 6.92 Å². The molecule has 0 saturated carbocycles. The molecule has 3 N–H and O–H groups in total. The standard InChI is InChI=1S/C9H10BrNO2/c1-5-2-6(9(13)4-11)8(12)3-7(5)10/h2-3,12H,4,11H2,1H3. The van der Waals surface area contributed by atoms with Gasteiger partial charge in [0.2, 0.25) is 0 Å². The van der Waals surface area contributed by atoms with E-state index in [1.165, 1.54) is 6.07 Å². The van der Waals surface area contributed by atoms with E-state index in [0.29, 0.717) is 0 Å². The van der Waals surface area contributed by atoms with Gasteiger partial charge in [-0.1, -0.05) is 15.9 Å². The van der Waals surface area contributed by atoms with Crippen LogP contribution in [0.2, 0.25) is 0 Å². The number of phenolic OH excluding ortho intramolecular Hbond substituents is 1. The lowest BCUT2D eigenvalue weighted by atomic mass is 10.1. The van der Waals surface area contributed by atoms with Crippen molar-refractivity contribution in [3.05, 3.63) is 27.7 Å². The van der Waals surface area contributed by atoms with Gasteiger partial charge in [0, 0.05) is 4.47 Å². The topological polar surface area (TPSA) is 63.3 Å². The third kappa shape index (κ3) is 2.08. The summed E-state index contributed by atoms with van der Waals surface area (Å²) in [6.07, 6.45) is 0. The molecule has 0 radical (unpaired) electrons. The van der Waals surface area contributed by atoms with Gasteiger partial charge in [0.25, 0.3) is 0 Å². The van der Waals surface area contributed by atoms with E-state index in [9.17, 15) is 9.90 Å². The minimum absolute atomic E-state index is 0.0343. The van der Waals surface area contributed by atoms with Gasteiger partial charge in [0.1, 0.15) is 5.75 Å². The third-order valence-corrected chi connectivity index (χ3v) is 2.62. The minimum Gasteiger partial charge on any atom is -0.507 e. The zero-order chi connectivity index (χ0) is 10.0. The molecule has 70 valence electrons. The van der Waals surface area contributed by atoms with Crippen molar-refractivity contribution in [3.63, 3.8) is 0 Å². The Kier molecular flexibility index (Phi) is 3.06. The van der Waals surface area contributed by atoms with Gasteiger partial charge in [-0.3, -0.25) is 4.79 Å². The third-order valence-electron chi connectivity index (χ3n) is 1.76. The molecule has 3 nitrogen and oxygen atoms in total. The van der Waals surface area contributed by atoms with Gasteiger partial charge in [-0.2, -0.15) is 0 Å². The van der Waals surface area contributed by atoms with Crippen LogP contribution in [-0.4, -0.2) is 17.4 Å². The molecule has 0 spiro atoms. The maximum Gasteiger partial charge on any atom is 0.180 e. The fourth-order valence-corrected chi connectivity index (χ4v) is 1.34. The summed E-state index contributed by atoms with van der Waals surface area (Å²) in [7, 11) is 0. The smallest absolute Gasteiger partial charge is 0.180 e. The zero-order valence-corrected chi connectivity index (χ0v) is 8.76. The molecule has 0 atom stereocenters. The Balaban J connectivity index is 3.23. The normalized spacial score (nSPS) is 10.1. The highest BCUT2D eigenvalue weighted by atomic mass is 79.9. The Bertz CT molecular complexity index is 350. The fourth-order valence-electron chi connectivity index (χ4n) is 1.00. The van der Waals surface area contributed by atoms with Crippen LogP contribution in [0.5, 0.6) is 5.75 Å². The van der Waals surface area contributed by atoms with Crippen LogP contribution in [0.25, 0.3) is 0 Å². The Hall–Kier alpha value is -0.870. The maximum absolute atomic E-state index is 11.2. The largest absolute Gasteiger partial charge is 0.507 e. The molecule has 0 unspecified atom stereocenters. The fraction of sp³-hybridized carbons (Fsp3) is 0.222. The van der Waals surface area contributed by atoms with Crippen LogP contribution in [0.3, 0.4) is 0 Å². The number of benzene rings is 1. The Morgan fingerprint density at radius 2 is 2.23 bits per heavy atom. The summed E-state index contributed by atoms with van der Waals surface area (Å²) in [6, 6.07) is 3.12. The van der Waals surface area contributed by atoms with E-state index >= 15 is 0 Å². The molecular formula is C9H10BrNO2.